The highest BCUT2D eigenvalue weighted by Gasteiger charge is 2.27. The van der Waals surface area contributed by atoms with Crippen molar-refractivity contribution in [1.82, 2.24) is 15.5 Å². The maximum Gasteiger partial charge on any atom is 0.317 e. The smallest absolute Gasteiger partial charge is 0.317 e. The van der Waals surface area contributed by atoms with Crippen LogP contribution in [0.3, 0.4) is 0 Å². The Morgan fingerprint density at radius 1 is 1.00 bits per heavy atom. The number of hydrogen-bond acceptors (Lipinski definition) is 3. The van der Waals surface area contributed by atoms with Crippen LogP contribution in [-0.2, 0) is 4.79 Å². The van der Waals surface area contributed by atoms with Crippen molar-refractivity contribution in [3.8, 4) is 0 Å². The van der Waals surface area contributed by atoms with Gasteiger partial charge in [0.25, 0.3) is 0 Å². The fourth-order valence-corrected chi connectivity index (χ4v) is 3.97. The average Bonchev–Trinajstić information content (AvgIpc) is 2.66. The van der Waals surface area contributed by atoms with Crippen LogP contribution in [0.5, 0.6) is 0 Å². The summed E-state index contributed by atoms with van der Waals surface area (Å²) >= 11 is 0. The van der Waals surface area contributed by atoms with Gasteiger partial charge in [0.05, 0.1) is 0 Å². The molecule has 0 spiro atoms. The molecular formula is C19H35N3O3. The van der Waals surface area contributed by atoms with Gasteiger partial charge in [-0.05, 0) is 43.9 Å². The van der Waals surface area contributed by atoms with Crippen molar-refractivity contribution < 1.29 is 14.7 Å². The summed E-state index contributed by atoms with van der Waals surface area (Å²) in [6, 6.07) is 0.0248. The van der Waals surface area contributed by atoms with Crippen LogP contribution in [0.25, 0.3) is 0 Å². The van der Waals surface area contributed by atoms with Gasteiger partial charge in [0, 0.05) is 38.7 Å². The average molecular weight is 354 g/mol. The van der Waals surface area contributed by atoms with E-state index in [-0.39, 0.29) is 24.5 Å². The zero-order chi connectivity index (χ0) is 18.1. The van der Waals surface area contributed by atoms with Crippen LogP contribution in [0.2, 0.25) is 0 Å². The van der Waals surface area contributed by atoms with Crippen molar-refractivity contribution in [2.45, 2.75) is 58.3 Å². The fourth-order valence-electron chi connectivity index (χ4n) is 3.97. The molecular weight excluding hydrogens is 318 g/mol. The van der Waals surface area contributed by atoms with Gasteiger partial charge in [0.1, 0.15) is 0 Å². The highest BCUT2D eigenvalue weighted by atomic mass is 16.3. The summed E-state index contributed by atoms with van der Waals surface area (Å²) in [7, 11) is 0. The molecule has 1 aliphatic carbocycles. The van der Waals surface area contributed by atoms with E-state index >= 15 is 0 Å². The van der Waals surface area contributed by atoms with Crippen molar-refractivity contribution in [3.63, 3.8) is 0 Å². The molecule has 2 fully saturated rings. The second-order valence-corrected chi connectivity index (χ2v) is 7.61. The lowest BCUT2D eigenvalue weighted by atomic mass is 9.81. The first-order valence-electron chi connectivity index (χ1n) is 10.0. The standard InChI is InChI=1S/C19H35N3O3/c1-2-15-4-6-16(7-5-15)14-21-19(25)22-11-8-17(9-12-22)18(24)20-10-3-13-23/h15-17,23H,2-14H2,1H3,(H,20,24)(H,21,25). The zero-order valence-corrected chi connectivity index (χ0v) is 15.6. The highest BCUT2D eigenvalue weighted by molar-refractivity contribution is 5.79. The zero-order valence-electron chi connectivity index (χ0n) is 15.6. The predicted octanol–water partition coefficient (Wildman–Crippen LogP) is 2.12. The van der Waals surface area contributed by atoms with Crippen LogP contribution in [0.1, 0.15) is 58.3 Å². The largest absolute Gasteiger partial charge is 0.396 e. The van der Waals surface area contributed by atoms with E-state index in [0.717, 1.165) is 25.3 Å². The predicted molar refractivity (Wildman–Crippen MR) is 98.1 cm³/mol. The third-order valence-corrected chi connectivity index (χ3v) is 5.87. The van der Waals surface area contributed by atoms with Crippen LogP contribution in [0.4, 0.5) is 4.79 Å². The summed E-state index contributed by atoms with van der Waals surface area (Å²) in [6.07, 6.45) is 8.38. The number of carbonyl (C=O) groups is 2. The molecule has 25 heavy (non-hydrogen) atoms. The molecule has 1 aliphatic heterocycles. The highest BCUT2D eigenvalue weighted by Crippen LogP contribution is 2.30. The topological polar surface area (TPSA) is 81.7 Å². The maximum atomic E-state index is 12.3. The van der Waals surface area contributed by atoms with E-state index in [1.165, 1.54) is 32.1 Å². The number of piperidine rings is 1. The maximum absolute atomic E-state index is 12.3. The Kier molecular flexibility index (Phi) is 8.52. The lowest BCUT2D eigenvalue weighted by molar-refractivity contribution is -0.126. The number of aliphatic hydroxyl groups excluding tert-OH is 1. The molecule has 1 saturated carbocycles. The molecule has 0 atom stereocenters. The molecule has 1 saturated heterocycles. The summed E-state index contributed by atoms with van der Waals surface area (Å²) in [5, 5.41) is 14.7. The van der Waals surface area contributed by atoms with Crippen LogP contribution in [-0.4, -0.2) is 54.7 Å². The number of nitrogens with one attached hydrogen (secondary N) is 2. The molecule has 3 N–H and O–H groups in total. The van der Waals surface area contributed by atoms with E-state index in [9.17, 15) is 9.59 Å². The SMILES string of the molecule is CCC1CCC(CNC(=O)N2CCC(C(=O)NCCCO)CC2)CC1. The minimum absolute atomic E-state index is 0.00735. The van der Waals surface area contributed by atoms with Crippen LogP contribution < -0.4 is 10.6 Å². The molecule has 1 heterocycles. The molecule has 144 valence electrons. The van der Waals surface area contributed by atoms with Crippen molar-refractivity contribution >= 4 is 11.9 Å². The number of carbonyl (C=O) groups excluding carboxylic acids is 2. The number of aliphatic hydroxyl groups is 1. The number of hydrogen-bond donors (Lipinski definition) is 3. The normalized spacial score (nSPS) is 24.8. The molecule has 0 aromatic rings. The Bertz CT molecular complexity index is 414. The Hall–Kier alpha value is -1.30. The number of amides is 3. The fraction of sp³-hybridized carbons (Fsp3) is 0.895. The monoisotopic (exact) mass is 353 g/mol. The minimum Gasteiger partial charge on any atom is -0.396 e. The Morgan fingerprint density at radius 2 is 1.64 bits per heavy atom. The van der Waals surface area contributed by atoms with Gasteiger partial charge in [0.2, 0.25) is 5.91 Å². The summed E-state index contributed by atoms with van der Waals surface area (Å²) in [5.41, 5.74) is 0. The van der Waals surface area contributed by atoms with Gasteiger partial charge < -0.3 is 20.6 Å². The summed E-state index contributed by atoms with van der Waals surface area (Å²) in [6.45, 7) is 4.97. The molecule has 6 heteroatoms. The van der Waals surface area contributed by atoms with Gasteiger partial charge in [0.15, 0.2) is 0 Å². The van der Waals surface area contributed by atoms with Gasteiger partial charge in [-0.25, -0.2) is 4.79 Å². The van der Waals surface area contributed by atoms with Gasteiger partial charge >= 0.3 is 6.03 Å². The molecule has 2 rings (SSSR count). The molecule has 0 aromatic heterocycles. The lowest BCUT2D eigenvalue weighted by Gasteiger charge is -2.33. The summed E-state index contributed by atoms with van der Waals surface area (Å²) in [4.78, 5) is 26.2. The third-order valence-electron chi connectivity index (χ3n) is 5.87. The van der Waals surface area contributed by atoms with Gasteiger partial charge in [-0.2, -0.15) is 0 Å². The van der Waals surface area contributed by atoms with Gasteiger partial charge in [-0.1, -0.05) is 26.2 Å². The van der Waals surface area contributed by atoms with E-state index in [2.05, 4.69) is 17.6 Å². The van der Waals surface area contributed by atoms with Gasteiger partial charge in [-0.15, -0.1) is 0 Å². The number of urea groups is 1. The number of rotatable bonds is 7. The lowest BCUT2D eigenvalue weighted by Crippen LogP contribution is -2.48. The van der Waals surface area contributed by atoms with Crippen LogP contribution >= 0.6 is 0 Å². The van der Waals surface area contributed by atoms with Crippen LogP contribution in [0.15, 0.2) is 0 Å². The van der Waals surface area contributed by atoms with E-state index in [1.807, 2.05) is 4.90 Å². The van der Waals surface area contributed by atoms with E-state index < -0.39 is 0 Å². The quantitative estimate of drug-likeness (QED) is 0.613. The van der Waals surface area contributed by atoms with E-state index in [0.29, 0.717) is 32.0 Å². The second kappa shape index (κ2) is 10.6. The van der Waals surface area contributed by atoms with Crippen molar-refractivity contribution in [2.24, 2.45) is 17.8 Å². The summed E-state index contributed by atoms with van der Waals surface area (Å²) < 4.78 is 0. The Balaban J connectivity index is 1.61. The molecule has 2 aliphatic rings. The van der Waals surface area contributed by atoms with E-state index in [1.54, 1.807) is 0 Å². The molecule has 0 aromatic carbocycles. The molecule has 3 amide bonds. The van der Waals surface area contributed by atoms with E-state index in [4.69, 9.17) is 5.11 Å². The summed E-state index contributed by atoms with van der Waals surface area (Å²) in [5.74, 6) is 1.56. The molecule has 6 nitrogen and oxygen atoms in total. The first-order chi connectivity index (χ1) is 12.1. The minimum atomic E-state index is -0.00735. The third kappa shape index (κ3) is 6.49. The number of likely N-dealkylation sites (tertiary alicyclic amines) is 1. The van der Waals surface area contributed by atoms with Crippen LogP contribution in [0, 0.1) is 17.8 Å². The van der Waals surface area contributed by atoms with Crippen molar-refractivity contribution in [2.75, 3.05) is 32.8 Å². The Labute approximate surface area is 151 Å². The second-order valence-electron chi connectivity index (χ2n) is 7.61. The van der Waals surface area contributed by atoms with Crippen molar-refractivity contribution in [1.29, 1.82) is 0 Å². The number of nitrogens with zero attached hydrogens (tertiary/aromatic N) is 1. The first-order valence-corrected chi connectivity index (χ1v) is 10.0. The van der Waals surface area contributed by atoms with Gasteiger partial charge in [-0.3, -0.25) is 4.79 Å². The molecule has 0 unspecified atom stereocenters. The molecule has 0 bridgehead atoms. The van der Waals surface area contributed by atoms with Crippen molar-refractivity contribution in [3.05, 3.63) is 0 Å². The molecule has 0 radical (unpaired) electrons. The Morgan fingerprint density at radius 3 is 2.24 bits per heavy atom. The first kappa shape index (κ1) is 20.0.